The molecule has 3 aromatic rings. The van der Waals surface area contributed by atoms with Crippen LogP contribution in [0, 0.1) is 5.92 Å². The van der Waals surface area contributed by atoms with Crippen LogP contribution < -0.4 is 4.74 Å². The van der Waals surface area contributed by atoms with Crippen molar-refractivity contribution in [2.24, 2.45) is 5.92 Å². The number of carbonyl (C=O) groups excluding carboxylic acids is 2. The molecule has 3 aromatic carbocycles. The maximum atomic E-state index is 13.0. The van der Waals surface area contributed by atoms with Gasteiger partial charge in [-0.2, -0.15) is 0 Å². The van der Waals surface area contributed by atoms with E-state index in [1.165, 1.54) is 0 Å². The smallest absolute Gasteiger partial charge is 0.253 e. The first-order chi connectivity index (χ1) is 15.5. The minimum Gasteiger partial charge on any atom is -0.497 e. The summed E-state index contributed by atoms with van der Waals surface area (Å²) in [7, 11) is 3.48. The Morgan fingerprint density at radius 3 is 2.16 bits per heavy atom. The molecule has 0 bridgehead atoms. The summed E-state index contributed by atoms with van der Waals surface area (Å²) < 4.78 is 5.23. The fourth-order valence-electron chi connectivity index (χ4n) is 4.13. The topological polar surface area (TPSA) is 49.9 Å². The van der Waals surface area contributed by atoms with E-state index < -0.39 is 0 Å². The van der Waals surface area contributed by atoms with Crippen molar-refractivity contribution < 1.29 is 14.3 Å². The monoisotopic (exact) mass is 428 g/mol. The number of nitrogens with zero attached hydrogens (tertiary/aromatic N) is 2. The van der Waals surface area contributed by atoms with Crippen LogP contribution in [-0.2, 0) is 11.2 Å². The van der Waals surface area contributed by atoms with Gasteiger partial charge in [-0.15, -0.1) is 0 Å². The molecule has 4 rings (SSSR count). The van der Waals surface area contributed by atoms with E-state index in [2.05, 4.69) is 24.3 Å². The number of ether oxygens (including phenoxy) is 1. The normalized spacial score (nSPS) is 16.6. The predicted molar refractivity (Wildman–Crippen MR) is 126 cm³/mol. The number of hydrogen-bond acceptors (Lipinski definition) is 3. The molecule has 1 heterocycles. The number of benzene rings is 3. The lowest BCUT2D eigenvalue weighted by molar-refractivity contribution is -0.133. The van der Waals surface area contributed by atoms with Gasteiger partial charge in [-0.05, 0) is 47.4 Å². The summed E-state index contributed by atoms with van der Waals surface area (Å²) in [6, 6.07) is 25.5. The van der Waals surface area contributed by atoms with Gasteiger partial charge >= 0.3 is 0 Å². The second-order valence-corrected chi connectivity index (χ2v) is 8.20. The third-order valence-corrected chi connectivity index (χ3v) is 6.04. The summed E-state index contributed by atoms with van der Waals surface area (Å²) in [5.74, 6) is 0.638. The minimum atomic E-state index is -0.262. The number of amides is 2. The molecule has 0 aromatic heterocycles. The maximum Gasteiger partial charge on any atom is 0.253 e. The summed E-state index contributed by atoms with van der Waals surface area (Å²) in [5, 5.41) is 0. The molecule has 1 saturated heterocycles. The minimum absolute atomic E-state index is 0.0199. The maximum absolute atomic E-state index is 13.0. The lowest BCUT2D eigenvalue weighted by Gasteiger charge is -2.23. The zero-order chi connectivity index (χ0) is 22.5. The van der Waals surface area contributed by atoms with E-state index in [0.29, 0.717) is 31.6 Å². The highest BCUT2D eigenvalue weighted by Crippen LogP contribution is 2.24. The van der Waals surface area contributed by atoms with Gasteiger partial charge in [0.05, 0.1) is 13.0 Å². The molecule has 1 aliphatic heterocycles. The quantitative estimate of drug-likeness (QED) is 0.614. The van der Waals surface area contributed by atoms with E-state index in [4.69, 9.17) is 4.74 Å². The SMILES string of the molecule is COc1ccc(-c2ccc(CC3CN(C(=O)c4ccccc4)CCN(C)C3=O)cc2)cc1. The molecule has 0 aliphatic carbocycles. The number of hydrogen-bond donors (Lipinski definition) is 0. The van der Waals surface area contributed by atoms with E-state index in [-0.39, 0.29) is 17.7 Å². The highest BCUT2D eigenvalue weighted by molar-refractivity contribution is 5.94. The first-order valence-corrected chi connectivity index (χ1v) is 10.9. The van der Waals surface area contributed by atoms with Gasteiger partial charge in [0.15, 0.2) is 0 Å². The Morgan fingerprint density at radius 1 is 0.906 bits per heavy atom. The highest BCUT2D eigenvalue weighted by Gasteiger charge is 2.31. The van der Waals surface area contributed by atoms with Gasteiger partial charge in [0.25, 0.3) is 5.91 Å². The number of rotatable bonds is 5. The van der Waals surface area contributed by atoms with E-state index in [0.717, 1.165) is 22.4 Å². The summed E-state index contributed by atoms with van der Waals surface area (Å²) >= 11 is 0. The average molecular weight is 429 g/mol. The van der Waals surface area contributed by atoms with Crippen molar-refractivity contribution in [3.8, 4) is 16.9 Å². The van der Waals surface area contributed by atoms with Crippen molar-refractivity contribution >= 4 is 11.8 Å². The zero-order valence-electron chi connectivity index (χ0n) is 18.5. The van der Waals surface area contributed by atoms with Crippen LogP contribution in [0.3, 0.4) is 0 Å². The van der Waals surface area contributed by atoms with Crippen LogP contribution in [0.4, 0.5) is 0 Å². The van der Waals surface area contributed by atoms with Gasteiger partial charge in [0, 0.05) is 32.2 Å². The summed E-state index contributed by atoms with van der Waals surface area (Å²) in [4.78, 5) is 29.5. The predicted octanol–water partition coefficient (Wildman–Crippen LogP) is 4.14. The lowest BCUT2D eigenvalue weighted by Crippen LogP contribution is -2.37. The third-order valence-electron chi connectivity index (χ3n) is 6.04. The second kappa shape index (κ2) is 9.69. The molecule has 0 N–H and O–H groups in total. The van der Waals surface area contributed by atoms with Crippen LogP contribution in [0.2, 0.25) is 0 Å². The van der Waals surface area contributed by atoms with Crippen molar-refractivity contribution in [1.29, 1.82) is 0 Å². The van der Waals surface area contributed by atoms with Crippen LogP contribution in [0.1, 0.15) is 15.9 Å². The first-order valence-electron chi connectivity index (χ1n) is 10.9. The van der Waals surface area contributed by atoms with Crippen molar-refractivity contribution in [2.75, 3.05) is 33.8 Å². The Bertz CT molecular complexity index is 1060. The summed E-state index contributed by atoms with van der Waals surface area (Å²) in [6.45, 7) is 1.52. The number of carbonyl (C=O) groups is 2. The van der Waals surface area contributed by atoms with Gasteiger partial charge in [-0.25, -0.2) is 0 Å². The Morgan fingerprint density at radius 2 is 1.53 bits per heavy atom. The van der Waals surface area contributed by atoms with Crippen molar-refractivity contribution in [2.45, 2.75) is 6.42 Å². The fourth-order valence-corrected chi connectivity index (χ4v) is 4.13. The first kappa shape index (κ1) is 21.6. The molecule has 5 nitrogen and oxygen atoms in total. The van der Waals surface area contributed by atoms with Crippen LogP contribution in [0.5, 0.6) is 5.75 Å². The molecule has 5 heteroatoms. The van der Waals surface area contributed by atoms with Gasteiger partial charge in [0.1, 0.15) is 5.75 Å². The number of methoxy groups -OCH3 is 1. The molecule has 1 unspecified atom stereocenters. The zero-order valence-corrected chi connectivity index (χ0v) is 18.5. The molecular formula is C27H28N2O3. The van der Waals surface area contributed by atoms with Crippen molar-refractivity contribution in [1.82, 2.24) is 9.80 Å². The fraction of sp³-hybridized carbons (Fsp3) is 0.259. The summed E-state index contributed by atoms with van der Waals surface area (Å²) in [5.41, 5.74) is 3.97. The molecule has 164 valence electrons. The highest BCUT2D eigenvalue weighted by atomic mass is 16.5. The van der Waals surface area contributed by atoms with Crippen LogP contribution in [-0.4, -0.2) is 55.4 Å². The summed E-state index contributed by atoms with van der Waals surface area (Å²) in [6.07, 6.45) is 0.602. The molecule has 1 fully saturated rings. The van der Waals surface area contributed by atoms with Crippen LogP contribution in [0.15, 0.2) is 78.9 Å². The molecule has 0 radical (unpaired) electrons. The Labute approximate surface area is 189 Å². The van der Waals surface area contributed by atoms with Crippen molar-refractivity contribution in [3.63, 3.8) is 0 Å². The van der Waals surface area contributed by atoms with Gasteiger partial charge in [-0.3, -0.25) is 9.59 Å². The average Bonchev–Trinajstić information content (AvgIpc) is 2.98. The van der Waals surface area contributed by atoms with Gasteiger partial charge in [0.2, 0.25) is 5.91 Å². The Kier molecular flexibility index (Phi) is 6.55. The molecule has 1 atom stereocenters. The Balaban J connectivity index is 1.49. The molecular weight excluding hydrogens is 400 g/mol. The van der Waals surface area contributed by atoms with E-state index in [9.17, 15) is 9.59 Å². The van der Waals surface area contributed by atoms with E-state index >= 15 is 0 Å². The van der Waals surface area contributed by atoms with Crippen LogP contribution in [0.25, 0.3) is 11.1 Å². The molecule has 2 amide bonds. The van der Waals surface area contributed by atoms with E-state index in [1.807, 2.05) is 66.5 Å². The van der Waals surface area contributed by atoms with Crippen LogP contribution >= 0.6 is 0 Å². The molecule has 1 aliphatic rings. The molecule has 0 spiro atoms. The third kappa shape index (κ3) is 4.83. The molecule has 0 saturated carbocycles. The second-order valence-electron chi connectivity index (χ2n) is 8.20. The van der Waals surface area contributed by atoms with E-state index in [1.54, 1.807) is 12.0 Å². The van der Waals surface area contributed by atoms with Crippen molar-refractivity contribution in [3.05, 3.63) is 90.0 Å². The van der Waals surface area contributed by atoms with Gasteiger partial charge < -0.3 is 14.5 Å². The number of likely N-dealkylation sites (N-methyl/N-ethyl adjacent to an activating group) is 1. The Hall–Kier alpha value is -3.60. The van der Waals surface area contributed by atoms with Gasteiger partial charge in [-0.1, -0.05) is 54.6 Å². The largest absolute Gasteiger partial charge is 0.497 e. The molecule has 32 heavy (non-hydrogen) atoms. The lowest BCUT2D eigenvalue weighted by atomic mass is 9.95. The standard InChI is InChI=1S/C27H28N2O3/c1-28-16-17-29(27(31)23-6-4-3-5-7-23)19-24(26(28)30)18-20-8-10-21(11-9-20)22-12-14-25(32-2)15-13-22/h3-15,24H,16-19H2,1-2H3.